The van der Waals surface area contributed by atoms with Crippen LogP contribution in [0.5, 0.6) is 0 Å². The summed E-state index contributed by atoms with van der Waals surface area (Å²) < 4.78 is 17.1. The van der Waals surface area contributed by atoms with Crippen molar-refractivity contribution in [1.29, 1.82) is 0 Å². The summed E-state index contributed by atoms with van der Waals surface area (Å²) in [5, 5.41) is 14.2. The fourth-order valence-electron chi connectivity index (χ4n) is 3.97. The average Bonchev–Trinajstić information content (AvgIpc) is 3.55. The molecule has 4 aromatic heterocycles. The van der Waals surface area contributed by atoms with Gasteiger partial charge in [0.2, 0.25) is 0 Å². The Morgan fingerprint density at radius 2 is 1.94 bits per heavy atom. The first-order valence-electron chi connectivity index (χ1n) is 11.0. The third-order valence-corrected chi connectivity index (χ3v) is 6.28. The molecule has 0 unspecified atom stereocenters. The number of aromatic nitrogens is 7. The summed E-state index contributed by atoms with van der Waals surface area (Å²) >= 11 is 6.79. The van der Waals surface area contributed by atoms with E-state index in [1.165, 1.54) is 31.3 Å². The van der Waals surface area contributed by atoms with Gasteiger partial charge < -0.3 is 5.32 Å². The zero-order chi connectivity index (χ0) is 23.2. The first-order chi connectivity index (χ1) is 16.6. The highest BCUT2D eigenvalue weighted by molar-refractivity contribution is 6.35. The molecule has 0 atom stereocenters. The van der Waals surface area contributed by atoms with Crippen molar-refractivity contribution in [3.63, 3.8) is 0 Å². The standard InChI is InChI=1S/C24H20ClFN8/c1-14-18-8-9-27-11-19(18)34(31-14)21-10-20(28-13-29-21)30-24-22(25)23(16-4-6-17(26)7-5-16)32-33(24)12-15-2-3-15/h4-11,13,15H,2-3,12H2,1H3,(H,28,29,30). The molecule has 0 aliphatic heterocycles. The van der Waals surface area contributed by atoms with Crippen molar-refractivity contribution in [3.05, 3.63) is 71.7 Å². The Kier molecular flexibility index (Phi) is 4.99. The molecule has 1 N–H and O–H groups in total. The molecule has 0 spiro atoms. The van der Waals surface area contributed by atoms with Gasteiger partial charge in [-0.3, -0.25) is 4.98 Å². The van der Waals surface area contributed by atoms with E-state index in [2.05, 4.69) is 25.4 Å². The molecule has 1 saturated carbocycles. The van der Waals surface area contributed by atoms with Crippen LogP contribution in [0.3, 0.4) is 0 Å². The molecule has 0 amide bonds. The lowest BCUT2D eigenvalue weighted by Crippen LogP contribution is -2.08. The Labute approximate surface area is 199 Å². The molecule has 0 saturated heterocycles. The van der Waals surface area contributed by atoms with Crippen molar-refractivity contribution in [2.24, 2.45) is 5.92 Å². The first kappa shape index (κ1) is 20.7. The summed E-state index contributed by atoms with van der Waals surface area (Å²) in [5.41, 5.74) is 3.09. The molecule has 5 aromatic rings. The van der Waals surface area contributed by atoms with Gasteiger partial charge in [0.25, 0.3) is 0 Å². The molecule has 0 bridgehead atoms. The SMILES string of the molecule is Cc1nn(-c2cc(Nc3c(Cl)c(-c4ccc(F)cc4)nn3CC3CC3)ncn2)c2cnccc12. The van der Waals surface area contributed by atoms with E-state index in [-0.39, 0.29) is 5.82 Å². The summed E-state index contributed by atoms with van der Waals surface area (Å²) in [4.78, 5) is 13.0. The van der Waals surface area contributed by atoms with E-state index in [0.717, 1.165) is 28.7 Å². The normalized spacial score (nSPS) is 13.5. The number of nitrogens with zero attached hydrogens (tertiary/aromatic N) is 7. The highest BCUT2D eigenvalue weighted by atomic mass is 35.5. The van der Waals surface area contributed by atoms with Gasteiger partial charge in [-0.25, -0.2) is 23.7 Å². The average molecular weight is 475 g/mol. The van der Waals surface area contributed by atoms with E-state index in [1.807, 2.05) is 17.7 Å². The number of rotatable bonds is 6. The summed E-state index contributed by atoms with van der Waals surface area (Å²) in [6.07, 6.45) is 7.32. The monoisotopic (exact) mass is 474 g/mol. The summed E-state index contributed by atoms with van der Waals surface area (Å²) in [7, 11) is 0. The molecular formula is C24H20ClFN8. The molecule has 34 heavy (non-hydrogen) atoms. The number of hydrogen-bond donors (Lipinski definition) is 1. The lowest BCUT2D eigenvalue weighted by molar-refractivity contribution is 0.571. The van der Waals surface area contributed by atoms with Crippen molar-refractivity contribution in [1.82, 2.24) is 34.5 Å². The minimum Gasteiger partial charge on any atom is -0.324 e. The van der Waals surface area contributed by atoms with Gasteiger partial charge in [0, 0.05) is 29.8 Å². The highest BCUT2D eigenvalue weighted by Crippen LogP contribution is 2.38. The van der Waals surface area contributed by atoms with Crippen LogP contribution in [0, 0.1) is 18.7 Å². The lowest BCUT2D eigenvalue weighted by Gasteiger charge is -2.10. The largest absolute Gasteiger partial charge is 0.324 e. The predicted molar refractivity (Wildman–Crippen MR) is 128 cm³/mol. The second kappa shape index (κ2) is 8.18. The first-order valence-corrected chi connectivity index (χ1v) is 11.4. The number of pyridine rings is 1. The molecule has 1 fully saturated rings. The summed E-state index contributed by atoms with van der Waals surface area (Å²) in [6.45, 7) is 2.70. The van der Waals surface area contributed by atoms with Gasteiger partial charge in [0.05, 0.1) is 17.4 Å². The lowest BCUT2D eigenvalue weighted by atomic mass is 10.1. The van der Waals surface area contributed by atoms with Gasteiger partial charge in [0.15, 0.2) is 5.82 Å². The number of aryl methyl sites for hydroxylation is 1. The van der Waals surface area contributed by atoms with Crippen LogP contribution < -0.4 is 5.32 Å². The van der Waals surface area contributed by atoms with Gasteiger partial charge in [-0.2, -0.15) is 10.2 Å². The topological polar surface area (TPSA) is 86.3 Å². The van der Waals surface area contributed by atoms with E-state index in [1.54, 1.807) is 35.3 Å². The van der Waals surface area contributed by atoms with Gasteiger partial charge in [0.1, 0.15) is 34.5 Å². The molecule has 8 nitrogen and oxygen atoms in total. The molecular weight excluding hydrogens is 455 g/mol. The minimum atomic E-state index is -0.305. The Hall–Kier alpha value is -3.85. The number of benzene rings is 1. The molecule has 170 valence electrons. The number of fused-ring (bicyclic) bond motifs is 1. The van der Waals surface area contributed by atoms with Crippen LogP contribution in [-0.4, -0.2) is 34.5 Å². The number of hydrogen-bond acceptors (Lipinski definition) is 6. The molecule has 0 radical (unpaired) electrons. The zero-order valence-corrected chi connectivity index (χ0v) is 19.0. The minimum absolute atomic E-state index is 0.305. The zero-order valence-electron chi connectivity index (χ0n) is 18.3. The maximum Gasteiger partial charge on any atom is 0.159 e. The quantitative estimate of drug-likeness (QED) is 0.358. The third-order valence-electron chi connectivity index (χ3n) is 5.92. The second-order valence-corrected chi connectivity index (χ2v) is 8.80. The molecule has 6 rings (SSSR count). The van der Waals surface area contributed by atoms with Crippen molar-refractivity contribution in [2.75, 3.05) is 5.32 Å². The smallest absolute Gasteiger partial charge is 0.159 e. The number of anilines is 2. The molecule has 1 aliphatic carbocycles. The van der Waals surface area contributed by atoms with E-state index in [9.17, 15) is 4.39 Å². The van der Waals surface area contributed by atoms with E-state index in [0.29, 0.717) is 34.1 Å². The van der Waals surface area contributed by atoms with E-state index < -0.39 is 0 Å². The number of nitrogens with one attached hydrogen (secondary N) is 1. The molecule has 4 heterocycles. The van der Waals surface area contributed by atoms with Crippen molar-refractivity contribution in [2.45, 2.75) is 26.3 Å². The second-order valence-electron chi connectivity index (χ2n) is 8.42. The molecule has 1 aromatic carbocycles. The van der Waals surface area contributed by atoms with Crippen LogP contribution in [0.25, 0.3) is 28.0 Å². The van der Waals surface area contributed by atoms with E-state index >= 15 is 0 Å². The van der Waals surface area contributed by atoms with Crippen molar-refractivity contribution >= 4 is 34.1 Å². The third kappa shape index (κ3) is 3.77. The van der Waals surface area contributed by atoms with Gasteiger partial charge in [-0.05, 0) is 56.0 Å². The van der Waals surface area contributed by atoms with Crippen LogP contribution in [0.1, 0.15) is 18.5 Å². The number of halogens is 2. The Bertz CT molecular complexity index is 1500. The Balaban J connectivity index is 1.39. The Morgan fingerprint density at radius 3 is 2.74 bits per heavy atom. The van der Waals surface area contributed by atoms with E-state index in [4.69, 9.17) is 16.7 Å². The van der Waals surface area contributed by atoms with Crippen molar-refractivity contribution < 1.29 is 4.39 Å². The fraction of sp³-hybridized carbons (Fsp3) is 0.208. The van der Waals surface area contributed by atoms with Crippen molar-refractivity contribution in [3.8, 4) is 17.1 Å². The van der Waals surface area contributed by atoms with Gasteiger partial charge in [-0.1, -0.05) is 11.6 Å². The summed E-state index contributed by atoms with van der Waals surface area (Å²) in [6, 6.07) is 9.90. The van der Waals surface area contributed by atoms with Gasteiger partial charge in [-0.15, -0.1) is 0 Å². The highest BCUT2D eigenvalue weighted by Gasteiger charge is 2.26. The fourth-order valence-corrected chi connectivity index (χ4v) is 4.27. The van der Waals surface area contributed by atoms with Crippen LogP contribution in [0.4, 0.5) is 16.0 Å². The molecule has 10 heteroatoms. The summed E-state index contributed by atoms with van der Waals surface area (Å²) in [5.74, 6) is 2.07. The van der Waals surface area contributed by atoms with Gasteiger partial charge >= 0.3 is 0 Å². The van der Waals surface area contributed by atoms with Crippen LogP contribution >= 0.6 is 11.6 Å². The van der Waals surface area contributed by atoms with Crippen LogP contribution in [-0.2, 0) is 6.54 Å². The Morgan fingerprint density at radius 1 is 1.12 bits per heavy atom. The maximum atomic E-state index is 13.4. The maximum absolute atomic E-state index is 13.4. The predicted octanol–water partition coefficient (Wildman–Crippen LogP) is 5.33. The molecule has 1 aliphatic rings. The van der Waals surface area contributed by atoms with Crippen LogP contribution in [0.15, 0.2) is 55.1 Å². The van der Waals surface area contributed by atoms with Crippen LogP contribution in [0.2, 0.25) is 5.02 Å².